The summed E-state index contributed by atoms with van der Waals surface area (Å²) in [6.45, 7) is -0.350. The SMILES string of the molecule is COC(=O)[C@]1(CN)C[C@H](S(=O)(=O)c2cccc(-c3ccc(C(=N)N)cc3)c2)N(C)C1=O.Cl. The van der Waals surface area contributed by atoms with Gasteiger partial charge in [0, 0.05) is 25.6 Å². The molecule has 2 aromatic rings. The molecule has 0 radical (unpaired) electrons. The summed E-state index contributed by atoms with van der Waals surface area (Å²) in [6.07, 6.45) is -0.286. The summed E-state index contributed by atoms with van der Waals surface area (Å²) in [6, 6.07) is 13.1. The van der Waals surface area contributed by atoms with Crippen LogP contribution in [0.1, 0.15) is 12.0 Å². The van der Waals surface area contributed by atoms with Crippen LogP contribution >= 0.6 is 12.4 Å². The number of amidine groups is 1. The normalized spacial score (nSPS) is 20.5. The van der Waals surface area contributed by atoms with Gasteiger partial charge in [-0.15, -0.1) is 12.4 Å². The van der Waals surface area contributed by atoms with E-state index in [0.717, 1.165) is 17.6 Å². The van der Waals surface area contributed by atoms with Crippen LogP contribution in [0.3, 0.4) is 0 Å². The van der Waals surface area contributed by atoms with Crippen molar-refractivity contribution in [2.75, 3.05) is 20.7 Å². The molecule has 0 aromatic heterocycles. The van der Waals surface area contributed by atoms with E-state index in [1.54, 1.807) is 36.4 Å². The van der Waals surface area contributed by atoms with E-state index in [-0.39, 0.29) is 36.1 Å². The van der Waals surface area contributed by atoms with Crippen molar-refractivity contribution in [3.63, 3.8) is 0 Å². The Morgan fingerprint density at radius 1 is 1.22 bits per heavy atom. The Bertz CT molecular complexity index is 1150. The van der Waals surface area contributed by atoms with Gasteiger partial charge in [-0.25, -0.2) is 8.42 Å². The second-order valence-corrected chi connectivity index (χ2v) is 9.52. The van der Waals surface area contributed by atoms with Crippen molar-refractivity contribution in [3.8, 4) is 11.1 Å². The lowest BCUT2D eigenvalue weighted by atomic mass is 9.86. The zero-order chi connectivity index (χ0) is 23.0. The summed E-state index contributed by atoms with van der Waals surface area (Å²) in [5.74, 6) is -1.58. The third kappa shape index (κ3) is 4.08. The molecular formula is C21H25ClN4O5S. The number of nitrogen functional groups attached to an aromatic ring is 1. The first kappa shape index (κ1) is 25.3. The van der Waals surface area contributed by atoms with E-state index < -0.39 is 32.5 Å². The van der Waals surface area contributed by atoms with Gasteiger partial charge < -0.3 is 21.1 Å². The van der Waals surface area contributed by atoms with Crippen molar-refractivity contribution in [2.24, 2.45) is 16.9 Å². The van der Waals surface area contributed by atoms with Gasteiger partial charge in [0.1, 0.15) is 11.2 Å². The van der Waals surface area contributed by atoms with Crippen molar-refractivity contribution < 1.29 is 22.7 Å². The number of sulfone groups is 1. The van der Waals surface area contributed by atoms with Crippen molar-refractivity contribution in [3.05, 3.63) is 54.1 Å². The van der Waals surface area contributed by atoms with Crippen molar-refractivity contribution in [2.45, 2.75) is 16.7 Å². The molecule has 172 valence electrons. The molecule has 9 nitrogen and oxygen atoms in total. The van der Waals surface area contributed by atoms with Crippen LogP contribution in [-0.4, -0.2) is 57.1 Å². The Balaban J connectivity index is 0.00000363. The molecule has 1 amide bonds. The number of hydrogen-bond donors (Lipinski definition) is 3. The number of halogens is 1. The second kappa shape index (κ2) is 9.27. The highest BCUT2D eigenvalue weighted by molar-refractivity contribution is 7.92. The summed E-state index contributed by atoms with van der Waals surface area (Å²) < 4.78 is 31.5. The fourth-order valence-corrected chi connectivity index (χ4v) is 5.67. The van der Waals surface area contributed by atoms with E-state index in [1.807, 2.05) is 0 Å². The first-order valence-corrected chi connectivity index (χ1v) is 11.0. The predicted molar refractivity (Wildman–Crippen MR) is 122 cm³/mol. The molecule has 0 bridgehead atoms. The Morgan fingerprint density at radius 3 is 2.38 bits per heavy atom. The molecule has 1 aliphatic heterocycles. The zero-order valence-corrected chi connectivity index (χ0v) is 19.2. The fraction of sp³-hybridized carbons (Fsp3) is 0.286. The maximum Gasteiger partial charge on any atom is 0.322 e. The average Bonchev–Trinajstić information content (AvgIpc) is 3.05. The van der Waals surface area contributed by atoms with Gasteiger partial charge in [0.25, 0.3) is 0 Å². The molecule has 2 aromatic carbocycles. The first-order valence-electron chi connectivity index (χ1n) is 9.43. The van der Waals surface area contributed by atoms with Gasteiger partial charge in [-0.05, 0) is 23.3 Å². The molecular weight excluding hydrogens is 456 g/mol. The number of ether oxygens (including phenoxy) is 1. The number of hydrogen-bond acceptors (Lipinski definition) is 7. The summed E-state index contributed by atoms with van der Waals surface area (Å²) >= 11 is 0. The molecule has 11 heteroatoms. The van der Waals surface area contributed by atoms with Crippen molar-refractivity contribution in [1.29, 1.82) is 5.41 Å². The molecule has 0 aliphatic carbocycles. The molecule has 5 N–H and O–H groups in total. The molecule has 1 aliphatic rings. The van der Waals surface area contributed by atoms with E-state index >= 15 is 0 Å². The number of rotatable bonds is 6. The molecule has 1 fully saturated rings. The topological polar surface area (TPSA) is 157 Å². The van der Waals surface area contributed by atoms with Crippen molar-refractivity contribution in [1.82, 2.24) is 4.90 Å². The number of carbonyl (C=O) groups is 2. The maximum absolute atomic E-state index is 13.4. The zero-order valence-electron chi connectivity index (χ0n) is 17.6. The predicted octanol–water partition coefficient (Wildman–Crippen LogP) is 1.14. The van der Waals surface area contributed by atoms with Crippen LogP contribution < -0.4 is 11.5 Å². The van der Waals surface area contributed by atoms with E-state index in [0.29, 0.717) is 11.1 Å². The number of esters is 1. The summed E-state index contributed by atoms with van der Waals surface area (Å²) in [4.78, 5) is 26.1. The minimum Gasteiger partial charge on any atom is -0.468 e. The number of benzene rings is 2. The van der Waals surface area contributed by atoms with Gasteiger partial charge in [-0.1, -0.05) is 36.4 Å². The van der Waals surface area contributed by atoms with Crippen LogP contribution in [0.2, 0.25) is 0 Å². The van der Waals surface area contributed by atoms with Crippen LogP contribution in [0.25, 0.3) is 11.1 Å². The Labute approximate surface area is 192 Å². The lowest BCUT2D eigenvalue weighted by Crippen LogP contribution is -2.45. The van der Waals surface area contributed by atoms with Crippen LogP contribution in [0.15, 0.2) is 53.4 Å². The average molecular weight is 481 g/mol. The minimum atomic E-state index is -4.01. The largest absolute Gasteiger partial charge is 0.468 e. The lowest BCUT2D eigenvalue weighted by molar-refractivity contribution is -0.158. The van der Waals surface area contributed by atoms with Crippen LogP contribution in [0.4, 0.5) is 0 Å². The van der Waals surface area contributed by atoms with Gasteiger partial charge in [-0.2, -0.15) is 0 Å². The van der Waals surface area contributed by atoms with E-state index in [4.69, 9.17) is 21.6 Å². The van der Waals surface area contributed by atoms with E-state index in [1.165, 1.54) is 19.2 Å². The van der Waals surface area contributed by atoms with E-state index in [2.05, 4.69) is 0 Å². The number of carbonyl (C=O) groups excluding carboxylic acids is 2. The first-order chi connectivity index (χ1) is 14.6. The summed E-state index contributed by atoms with van der Waals surface area (Å²) in [5.41, 5.74) is 11.4. The third-order valence-electron chi connectivity index (χ3n) is 5.66. The van der Waals surface area contributed by atoms with Crippen LogP contribution in [-0.2, 0) is 24.2 Å². The number of likely N-dealkylation sites (tertiary alicyclic amines) is 1. The standard InChI is InChI=1S/C21H24N4O5S.ClH/c1-25-17(11-21(12-22,19(25)26)20(27)30-2)31(28,29)16-5-3-4-15(10-16)13-6-8-14(9-7-13)18(23)24;/h3-10,17H,11-12,22H2,1-2H3,(H3,23,24);1H/t17-,21-;/m0./s1. The smallest absolute Gasteiger partial charge is 0.322 e. The van der Waals surface area contributed by atoms with Crippen molar-refractivity contribution >= 4 is 40.0 Å². The number of amides is 1. The highest BCUT2D eigenvalue weighted by Gasteiger charge is 2.59. The maximum atomic E-state index is 13.4. The number of methoxy groups -OCH3 is 1. The fourth-order valence-electron chi connectivity index (χ4n) is 3.78. The molecule has 2 atom stereocenters. The molecule has 32 heavy (non-hydrogen) atoms. The Morgan fingerprint density at radius 2 is 1.84 bits per heavy atom. The Hall–Kier alpha value is -2.95. The molecule has 1 saturated heterocycles. The molecule has 0 spiro atoms. The summed E-state index contributed by atoms with van der Waals surface area (Å²) in [5, 5.41) is 6.22. The molecule has 0 saturated carbocycles. The van der Waals surface area contributed by atoms with Gasteiger partial charge in [0.2, 0.25) is 5.91 Å². The third-order valence-corrected chi connectivity index (χ3v) is 7.77. The lowest BCUT2D eigenvalue weighted by Gasteiger charge is -2.21. The Kier molecular flexibility index (Phi) is 7.33. The number of nitrogens with two attached hydrogens (primary N) is 2. The quantitative estimate of drug-likeness (QED) is 0.242. The molecule has 3 rings (SSSR count). The van der Waals surface area contributed by atoms with Gasteiger partial charge in [-0.3, -0.25) is 15.0 Å². The molecule has 1 heterocycles. The monoisotopic (exact) mass is 480 g/mol. The highest BCUT2D eigenvalue weighted by atomic mass is 35.5. The van der Waals surface area contributed by atoms with Gasteiger partial charge >= 0.3 is 5.97 Å². The summed E-state index contributed by atoms with van der Waals surface area (Å²) in [7, 11) is -1.53. The van der Waals surface area contributed by atoms with E-state index in [9.17, 15) is 18.0 Å². The van der Waals surface area contributed by atoms with Crippen LogP contribution in [0.5, 0.6) is 0 Å². The number of nitrogens with one attached hydrogen (secondary N) is 1. The van der Waals surface area contributed by atoms with Crippen LogP contribution in [0, 0.1) is 10.8 Å². The van der Waals surface area contributed by atoms with Gasteiger partial charge in [0.15, 0.2) is 15.3 Å². The minimum absolute atomic E-state index is 0. The second-order valence-electron chi connectivity index (χ2n) is 7.42. The number of nitrogens with zero attached hydrogens (tertiary/aromatic N) is 1. The molecule has 0 unspecified atom stereocenters. The highest BCUT2D eigenvalue weighted by Crippen LogP contribution is 2.40. The van der Waals surface area contributed by atoms with Gasteiger partial charge in [0.05, 0.1) is 12.0 Å².